The van der Waals surface area contributed by atoms with E-state index in [1.54, 1.807) is 0 Å². The average Bonchev–Trinajstić information content (AvgIpc) is 3.18. The first-order valence-electron chi connectivity index (χ1n) is 12.2. The Morgan fingerprint density at radius 2 is 1.58 bits per heavy atom. The van der Waals surface area contributed by atoms with Gasteiger partial charge in [-0.1, -0.05) is 0 Å². The molecule has 0 spiro atoms. The SMILES string of the molecule is CC(C)NC(=O)NC1CCN(c2ccc(C(=O)NC3C4CC5CC(C4)CC3C5)cc2)C1. The van der Waals surface area contributed by atoms with Crippen LogP contribution in [0.3, 0.4) is 0 Å². The van der Waals surface area contributed by atoms with Crippen molar-refractivity contribution in [3.05, 3.63) is 29.8 Å². The van der Waals surface area contributed by atoms with E-state index in [0.717, 1.165) is 42.6 Å². The number of hydrogen-bond donors (Lipinski definition) is 3. The van der Waals surface area contributed by atoms with E-state index in [9.17, 15) is 9.59 Å². The number of carbonyl (C=O) groups excluding carboxylic acids is 2. The smallest absolute Gasteiger partial charge is 0.315 e. The summed E-state index contributed by atoms with van der Waals surface area (Å²) < 4.78 is 0. The number of urea groups is 1. The summed E-state index contributed by atoms with van der Waals surface area (Å²) >= 11 is 0. The number of benzene rings is 1. The fourth-order valence-corrected chi connectivity index (χ4v) is 6.82. The Kier molecular flexibility index (Phi) is 5.57. The third-order valence-corrected chi connectivity index (χ3v) is 7.96. The number of anilines is 1. The third-order valence-electron chi connectivity index (χ3n) is 7.96. The molecule has 1 atom stereocenters. The minimum absolute atomic E-state index is 0.0790. The van der Waals surface area contributed by atoms with Crippen LogP contribution in [0.2, 0.25) is 0 Å². The van der Waals surface area contributed by atoms with Crippen LogP contribution in [0.4, 0.5) is 10.5 Å². The molecule has 1 unspecified atom stereocenters. The molecule has 5 fully saturated rings. The first-order chi connectivity index (χ1) is 14.9. The molecule has 6 heteroatoms. The molecule has 0 aromatic heterocycles. The maximum atomic E-state index is 13.0. The lowest BCUT2D eigenvalue weighted by molar-refractivity contribution is -0.0119. The van der Waals surface area contributed by atoms with Gasteiger partial charge in [-0.25, -0.2) is 4.79 Å². The number of rotatable bonds is 5. The summed E-state index contributed by atoms with van der Waals surface area (Å²) in [4.78, 5) is 27.2. The molecule has 1 heterocycles. The van der Waals surface area contributed by atoms with Crippen molar-refractivity contribution < 1.29 is 9.59 Å². The highest BCUT2D eigenvalue weighted by atomic mass is 16.2. The Hall–Kier alpha value is -2.24. The van der Waals surface area contributed by atoms with Crippen LogP contribution in [0.1, 0.15) is 62.7 Å². The molecule has 31 heavy (non-hydrogen) atoms. The molecule has 5 aliphatic rings. The lowest BCUT2D eigenvalue weighted by Gasteiger charge is -2.54. The lowest BCUT2D eigenvalue weighted by atomic mass is 9.54. The van der Waals surface area contributed by atoms with Gasteiger partial charge in [0.2, 0.25) is 0 Å². The first-order valence-corrected chi connectivity index (χ1v) is 12.2. The summed E-state index contributed by atoms with van der Waals surface area (Å²) in [6.07, 6.45) is 7.63. The predicted molar refractivity (Wildman–Crippen MR) is 122 cm³/mol. The maximum absolute atomic E-state index is 13.0. The van der Waals surface area contributed by atoms with E-state index in [4.69, 9.17) is 0 Å². The number of carbonyl (C=O) groups is 2. The van der Waals surface area contributed by atoms with Crippen LogP contribution < -0.4 is 20.9 Å². The summed E-state index contributed by atoms with van der Waals surface area (Å²) in [6, 6.07) is 8.56. The molecule has 1 saturated heterocycles. The second-order valence-corrected chi connectivity index (χ2v) is 10.7. The molecule has 1 aromatic carbocycles. The number of hydrogen-bond acceptors (Lipinski definition) is 3. The third kappa shape index (κ3) is 4.39. The first kappa shape index (κ1) is 20.7. The van der Waals surface area contributed by atoms with Crippen LogP contribution in [-0.2, 0) is 0 Å². The van der Waals surface area contributed by atoms with Crippen LogP contribution in [0.25, 0.3) is 0 Å². The van der Waals surface area contributed by atoms with Gasteiger partial charge in [0.15, 0.2) is 0 Å². The van der Waals surface area contributed by atoms with E-state index in [-0.39, 0.29) is 24.0 Å². The monoisotopic (exact) mass is 424 g/mol. The van der Waals surface area contributed by atoms with Crippen molar-refractivity contribution in [1.82, 2.24) is 16.0 Å². The van der Waals surface area contributed by atoms with Crippen molar-refractivity contribution in [2.45, 2.75) is 70.5 Å². The molecule has 6 nitrogen and oxygen atoms in total. The molecule has 1 aliphatic heterocycles. The highest BCUT2D eigenvalue weighted by Crippen LogP contribution is 2.53. The van der Waals surface area contributed by atoms with Crippen molar-refractivity contribution in [3.63, 3.8) is 0 Å². The highest BCUT2D eigenvalue weighted by molar-refractivity contribution is 5.94. The number of nitrogens with one attached hydrogen (secondary N) is 3. The Balaban J connectivity index is 1.15. The van der Waals surface area contributed by atoms with Gasteiger partial charge in [0.05, 0.1) is 0 Å². The zero-order chi connectivity index (χ0) is 21.5. The molecule has 4 aliphatic carbocycles. The zero-order valence-corrected chi connectivity index (χ0v) is 18.8. The summed E-state index contributed by atoms with van der Waals surface area (Å²) in [7, 11) is 0. The fraction of sp³-hybridized carbons (Fsp3) is 0.680. The number of amides is 3. The molecule has 1 aromatic rings. The van der Waals surface area contributed by atoms with Crippen molar-refractivity contribution in [3.8, 4) is 0 Å². The van der Waals surface area contributed by atoms with Crippen LogP contribution in [0.15, 0.2) is 24.3 Å². The molecular weight excluding hydrogens is 388 g/mol. The van der Waals surface area contributed by atoms with Gasteiger partial charge in [0.1, 0.15) is 0 Å². The van der Waals surface area contributed by atoms with E-state index in [1.165, 1.54) is 32.1 Å². The summed E-state index contributed by atoms with van der Waals surface area (Å²) in [5.74, 6) is 3.31. The second kappa shape index (κ2) is 8.36. The lowest BCUT2D eigenvalue weighted by Crippen LogP contribution is -2.55. The summed E-state index contributed by atoms with van der Waals surface area (Å²) in [5, 5.41) is 9.34. The van der Waals surface area contributed by atoms with Crippen LogP contribution in [-0.4, -0.2) is 43.2 Å². The van der Waals surface area contributed by atoms with Gasteiger partial charge in [-0.05, 0) is 100 Å². The Labute approximate surface area is 185 Å². The molecule has 3 amide bonds. The quantitative estimate of drug-likeness (QED) is 0.677. The highest BCUT2D eigenvalue weighted by Gasteiger charge is 2.48. The largest absolute Gasteiger partial charge is 0.369 e. The Morgan fingerprint density at radius 1 is 0.935 bits per heavy atom. The van der Waals surface area contributed by atoms with Gasteiger partial charge in [-0.3, -0.25) is 4.79 Å². The van der Waals surface area contributed by atoms with Gasteiger partial charge in [-0.2, -0.15) is 0 Å². The molecule has 0 radical (unpaired) electrons. The van der Waals surface area contributed by atoms with Crippen LogP contribution >= 0.6 is 0 Å². The normalized spacial score (nSPS) is 33.6. The second-order valence-electron chi connectivity index (χ2n) is 10.7. The van der Waals surface area contributed by atoms with Gasteiger partial charge in [-0.15, -0.1) is 0 Å². The number of nitrogens with zero attached hydrogens (tertiary/aromatic N) is 1. The molecule has 4 saturated carbocycles. The summed E-state index contributed by atoms with van der Waals surface area (Å²) in [5.41, 5.74) is 1.86. The topological polar surface area (TPSA) is 73.5 Å². The van der Waals surface area contributed by atoms with Crippen LogP contribution in [0.5, 0.6) is 0 Å². The zero-order valence-electron chi connectivity index (χ0n) is 18.8. The van der Waals surface area contributed by atoms with Gasteiger partial charge in [0.25, 0.3) is 5.91 Å². The standard InChI is InChI=1S/C25H36N4O2/c1-15(2)26-25(31)27-21-7-8-29(14-21)22-5-3-18(4-6-22)24(30)28-23-19-10-16-9-17(12-19)13-20(23)11-16/h3-6,15-17,19-21,23H,7-14H2,1-2H3,(H,28,30)(H2,26,27,31). The molecule has 168 valence electrons. The van der Waals surface area contributed by atoms with Gasteiger partial charge >= 0.3 is 6.03 Å². The van der Waals surface area contributed by atoms with Crippen molar-refractivity contribution >= 4 is 17.6 Å². The van der Waals surface area contributed by atoms with Gasteiger partial charge < -0.3 is 20.9 Å². The van der Waals surface area contributed by atoms with E-state index in [0.29, 0.717) is 17.9 Å². The predicted octanol–water partition coefficient (Wildman–Crippen LogP) is 3.53. The molecular formula is C25H36N4O2. The van der Waals surface area contributed by atoms with E-state index in [2.05, 4.69) is 20.9 Å². The van der Waals surface area contributed by atoms with Crippen molar-refractivity contribution in [1.29, 1.82) is 0 Å². The molecule has 4 bridgehead atoms. The van der Waals surface area contributed by atoms with E-state index >= 15 is 0 Å². The molecule has 6 rings (SSSR count). The van der Waals surface area contributed by atoms with E-state index in [1.807, 2.05) is 38.1 Å². The minimum Gasteiger partial charge on any atom is -0.369 e. The van der Waals surface area contributed by atoms with Crippen molar-refractivity contribution in [2.24, 2.45) is 23.7 Å². The minimum atomic E-state index is -0.0985. The fourth-order valence-electron chi connectivity index (χ4n) is 6.82. The molecule has 3 N–H and O–H groups in total. The summed E-state index contributed by atoms with van der Waals surface area (Å²) in [6.45, 7) is 5.62. The Morgan fingerprint density at radius 3 is 2.19 bits per heavy atom. The maximum Gasteiger partial charge on any atom is 0.315 e. The van der Waals surface area contributed by atoms with E-state index < -0.39 is 0 Å². The van der Waals surface area contributed by atoms with Gasteiger partial charge in [0, 0.05) is 42.5 Å². The average molecular weight is 425 g/mol. The van der Waals surface area contributed by atoms with Crippen LogP contribution in [0, 0.1) is 23.7 Å². The van der Waals surface area contributed by atoms with Crippen molar-refractivity contribution in [2.75, 3.05) is 18.0 Å². The Bertz CT molecular complexity index is 793.